The molecule has 0 aromatic carbocycles. The topological polar surface area (TPSA) is 0 Å². The van der Waals surface area contributed by atoms with E-state index in [0.29, 0.717) is 9.52 Å². The van der Waals surface area contributed by atoms with Gasteiger partial charge in [-0.2, -0.15) is 0 Å². The third kappa shape index (κ3) is 10.2. The molecule has 0 amide bonds. The van der Waals surface area contributed by atoms with Crippen LogP contribution in [0.3, 0.4) is 0 Å². The van der Waals surface area contributed by atoms with Crippen molar-refractivity contribution in [2.24, 2.45) is 0 Å². The van der Waals surface area contributed by atoms with Crippen LogP contribution >= 0.6 is 0 Å². The van der Waals surface area contributed by atoms with Gasteiger partial charge >= 0.3 is 0 Å². The second kappa shape index (κ2) is 11.2. The Morgan fingerprint density at radius 3 is 1.92 bits per heavy atom. The van der Waals surface area contributed by atoms with Gasteiger partial charge in [0.25, 0.3) is 0 Å². The highest BCUT2D eigenvalue weighted by atomic mass is 28.2. The van der Waals surface area contributed by atoms with Gasteiger partial charge in [-0.05, 0) is 0 Å². The Morgan fingerprint density at radius 2 is 1.33 bits per heavy atom. The molecular formula is C11H26Si. The number of unbranched alkanes of at least 4 members (excludes halogenated alkanes) is 6. The molecule has 0 bridgehead atoms. The maximum atomic E-state index is 2.34. The van der Waals surface area contributed by atoms with E-state index in [-0.39, 0.29) is 0 Å². The summed E-state index contributed by atoms with van der Waals surface area (Å²) in [7, 11) is 0.378. The summed E-state index contributed by atoms with van der Waals surface area (Å²) in [5.41, 5.74) is 0. The molecule has 0 aliphatic carbocycles. The van der Waals surface area contributed by atoms with Crippen LogP contribution in [0.1, 0.15) is 58.8 Å². The Hall–Kier alpha value is 0.217. The van der Waals surface area contributed by atoms with Crippen LogP contribution in [-0.2, 0) is 0 Å². The van der Waals surface area contributed by atoms with Crippen LogP contribution in [0.15, 0.2) is 0 Å². The maximum Gasteiger partial charge on any atom is 0.0195 e. The summed E-state index contributed by atoms with van der Waals surface area (Å²) in [5.74, 6) is 0. The van der Waals surface area contributed by atoms with Crippen LogP contribution in [0.5, 0.6) is 0 Å². The molecule has 0 N–H and O–H groups in total. The lowest BCUT2D eigenvalue weighted by atomic mass is 10.1. The van der Waals surface area contributed by atoms with Gasteiger partial charge in [-0.25, -0.2) is 0 Å². The highest BCUT2D eigenvalue weighted by Crippen LogP contribution is 2.08. The van der Waals surface area contributed by atoms with Crippen LogP contribution in [-0.4, -0.2) is 9.52 Å². The number of hydrogen-bond acceptors (Lipinski definition) is 0. The molecule has 0 radical (unpaired) electrons. The van der Waals surface area contributed by atoms with Crippen LogP contribution in [0.4, 0.5) is 0 Å². The third-order valence-corrected chi connectivity index (χ3v) is 4.16. The van der Waals surface area contributed by atoms with Crippen LogP contribution < -0.4 is 0 Å². The van der Waals surface area contributed by atoms with Crippen molar-refractivity contribution < 1.29 is 0 Å². The summed E-state index contributed by atoms with van der Waals surface area (Å²) in [6.45, 7) is 4.63. The fourth-order valence-electron chi connectivity index (χ4n) is 1.56. The minimum atomic E-state index is 0.378. The zero-order chi connectivity index (χ0) is 9.07. The van der Waals surface area contributed by atoms with E-state index in [9.17, 15) is 0 Å². The largest absolute Gasteiger partial charge is 0.0683 e. The molecule has 0 unspecified atom stereocenters. The van der Waals surface area contributed by atoms with E-state index in [2.05, 4.69) is 13.8 Å². The van der Waals surface area contributed by atoms with Gasteiger partial charge in [-0.1, -0.05) is 70.9 Å². The molecule has 74 valence electrons. The highest BCUT2D eigenvalue weighted by Gasteiger charge is 1.90. The van der Waals surface area contributed by atoms with E-state index in [1.165, 1.54) is 51.0 Å². The van der Waals surface area contributed by atoms with Gasteiger partial charge in [0.1, 0.15) is 0 Å². The molecule has 0 fully saturated rings. The fraction of sp³-hybridized carbons (Fsp3) is 1.00. The third-order valence-electron chi connectivity index (χ3n) is 2.46. The maximum absolute atomic E-state index is 2.34. The van der Waals surface area contributed by atoms with Crippen molar-refractivity contribution in [3.05, 3.63) is 0 Å². The zero-order valence-corrected chi connectivity index (χ0v) is 10.5. The molecule has 0 rings (SSSR count). The predicted octanol–water partition coefficient (Wildman–Crippen LogP) is 3.76. The van der Waals surface area contributed by atoms with Gasteiger partial charge in [0.05, 0.1) is 0 Å². The Bertz CT molecular complexity index is 61.4. The lowest BCUT2D eigenvalue weighted by molar-refractivity contribution is 0.601. The van der Waals surface area contributed by atoms with Gasteiger partial charge in [-0.3, -0.25) is 0 Å². The van der Waals surface area contributed by atoms with Gasteiger partial charge in [0.15, 0.2) is 0 Å². The smallest absolute Gasteiger partial charge is 0.0195 e. The second-order valence-electron chi connectivity index (χ2n) is 3.83. The highest BCUT2D eigenvalue weighted by molar-refractivity contribution is 6.35. The van der Waals surface area contributed by atoms with E-state index in [1.54, 1.807) is 6.04 Å². The molecule has 0 aromatic rings. The molecule has 0 spiro atoms. The predicted molar refractivity (Wildman–Crippen MR) is 61.8 cm³/mol. The van der Waals surface area contributed by atoms with E-state index in [0.717, 1.165) is 0 Å². The molecule has 0 saturated carbocycles. The molecule has 0 atom stereocenters. The van der Waals surface area contributed by atoms with E-state index in [1.807, 2.05) is 0 Å². The molecule has 1 heteroatoms. The van der Waals surface area contributed by atoms with Gasteiger partial charge in [0.2, 0.25) is 0 Å². The average Bonchev–Trinajstić information content (AvgIpc) is 2.10. The first-order valence-corrected chi connectivity index (χ1v) is 7.91. The Balaban J connectivity index is 2.73. The summed E-state index contributed by atoms with van der Waals surface area (Å²) >= 11 is 0. The normalized spacial score (nSPS) is 11.5. The van der Waals surface area contributed by atoms with Gasteiger partial charge in [0, 0.05) is 9.52 Å². The summed E-state index contributed by atoms with van der Waals surface area (Å²) in [5, 5.41) is 0. The Kier molecular flexibility index (Phi) is 11.4. The monoisotopic (exact) mass is 186 g/mol. The molecule has 0 heterocycles. The van der Waals surface area contributed by atoms with E-state index in [4.69, 9.17) is 0 Å². The minimum Gasteiger partial charge on any atom is -0.0683 e. The quantitative estimate of drug-likeness (QED) is 0.380. The molecule has 0 nitrogen and oxygen atoms in total. The van der Waals surface area contributed by atoms with Crippen LogP contribution in [0.25, 0.3) is 0 Å². The van der Waals surface area contributed by atoms with Crippen molar-refractivity contribution in [1.29, 1.82) is 0 Å². The average molecular weight is 186 g/mol. The lowest BCUT2D eigenvalue weighted by Crippen LogP contribution is -1.86. The standard InChI is InChI=1S/C11H26Si/c1-3-5-6-7-8-9-10-11-12-4-2/h3-12H2,1-2H3. The fourth-order valence-corrected chi connectivity index (χ4v) is 2.77. The van der Waals surface area contributed by atoms with Gasteiger partial charge < -0.3 is 0 Å². The van der Waals surface area contributed by atoms with E-state index >= 15 is 0 Å². The summed E-state index contributed by atoms with van der Waals surface area (Å²) in [4.78, 5) is 0. The van der Waals surface area contributed by atoms with Crippen molar-refractivity contribution in [3.8, 4) is 0 Å². The Labute approximate surface area is 81.0 Å². The van der Waals surface area contributed by atoms with Crippen molar-refractivity contribution in [2.45, 2.75) is 70.9 Å². The number of rotatable bonds is 9. The molecular weight excluding hydrogens is 160 g/mol. The van der Waals surface area contributed by atoms with E-state index < -0.39 is 0 Å². The number of hydrogen-bond donors (Lipinski definition) is 0. The van der Waals surface area contributed by atoms with Gasteiger partial charge in [-0.15, -0.1) is 0 Å². The van der Waals surface area contributed by atoms with Crippen LogP contribution in [0, 0.1) is 0 Å². The summed E-state index contributed by atoms with van der Waals surface area (Å²) < 4.78 is 0. The molecule has 0 saturated heterocycles. The molecule has 0 aromatic heterocycles. The first-order valence-electron chi connectivity index (χ1n) is 5.91. The summed E-state index contributed by atoms with van der Waals surface area (Å²) in [6, 6.07) is 3.11. The van der Waals surface area contributed by atoms with Crippen molar-refractivity contribution in [1.82, 2.24) is 0 Å². The molecule has 0 aliphatic rings. The van der Waals surface area contributed by atoms with Crippen LogP contribution in [0.2, 0.25) is 12.1 Å². The van der Waals surface area contributed by atoms with Crippen molar-refractivity contribution >= 4 is 9.52 Å². The first kappa shape index (κ1) is 12.2. The zero-order valence-electron chi connectivity index (χ0n) is 9.07. The van der Waals surface area contributed by atoms with Crippen molar-refractivity contribution in [2.75, 3.05) is 0 Å². The molecule has 12 heavy (non-hydrogen) atoms. The summed E-state index contributed by atoms with van der Waals surface area (Å²) in [6.07, 6.45) is 10.3. The van der Waals surface area contributed by atoms with Crippen molar-refractivity contribution in [3.63, 3.8) is 0 Å². The Morgan fingerprint density at radius 1 is 0.750 bits per heavy atom. The first-order chi connectivity index (χ1) is 5.91. The second-order valence-corrected chi connectivity index (χ2v) is 6.24. The SMILES string of the molecule is CCCCCCCCC[SiH2]CC. The lowest BCUT2D eigenvalue weighted by Gasteiger charge is -1.99. The molecule has 0 aliphatic heterocycles. The minimum absolute atomic E-state index is 0.378.